The molecule has 0 radical (unpaired) electrons. The number of benzene rings is 3. The second-order valence-electron chi connectivity index (χ2n) is 31.3. The minimum atomic E-state index is -0.801. The minimum absolute atomic E-state index is 0.0679. The number of nitrogens with zero attached hydrogens (tertiary/aromatic N) is 11. The molecule has 0 bridgehead atoms. The Kier molecular flexibility index (Phi) is 23.1. The van der Waals surface area contributed by atoms with Crippen molar-refractivity contribution in [3.8, 4) is 6.07 Å². The lowest BCUT2D eigenvalue weighted by Gasteiger charge is -2.48. The van der Waals surface area contributed by atoms with Crippen molar-refractivity contribution in [2.75, 3.05) is 74.9 Å². The third-order valence-corrected chi connectivity index (χ3v) is 20.5. The third-order valence-electron chi connectivity index (χ3n) is 20.5. The average Bonchev–Trinajstić information content (AvgIpc) is 1.63. The second kappa shape index (κ2) is 31.8. The van der Waals surface area contributed by atoms with E-state index in [1.54, 1.807) is 12.3 Å². The number of nitrogens with one attached hydrogen (secondary N) is 8. The number of aliphatic hydroxyl groups is 2. The second-order valence-corrected chi connectivity index (χ2v) is 31.3. The van der Waals surface area contributed by atoms with Gasteiger partial charge in [0.25, 0.3) is 0 Å². The van der Waals surface area contributed by atoms with Crippen LogP contribution < -0.4 is 48.3 Å². The van der Waals surface area contributed by atoms with Gasteiger partial charge in [0, 0.05) is 108 Å². The van der Waals surface area contributed by atoms with Crippen molar-refractivity contribution in [1.29, 1.82) is 5.26 Å². The maximum Gasteiger partial charge on any atom is 0.343 e. The van der Waals surface area contributed by atoms with E-state index in [2.05, 4.69) is 83.6 Å². The van der Waals surface area contributed by atoms with Gasteiger partial charge < -0.3 is 58.5 Å². The highest BCUT2D eigenvalue weighted by Crippen LogP contribution is 2.40. The van der Waals surface area contributed by atoms with E-state index in [4.69, 9.17) is 11.0 Å². The molecule has 6 fully saturated rings. The zero-order chi connectivity index (χ0) is 73.7. The number of primary amides is 1. The van der Waals surface area contributed by atoms with Crippen molar-refractivity contribution >= 4 is 86.0 Å². The van der Waals surface area contributed by atoms with E-state index >= 15 is 0 Å². The van der Waals surface area contributed by atoms with Gasteiger partial charge in [-0.3, -0.25) is 34.1 Å². The highest BCUT2D eigenvalue weighted by atomic mass is 16.3. The van der Waals surface area contributed by atoms with Crippen LogP contribution in [0.1, 0.15) is 147 Å². The highest BCUT2D eigenvalue weighted by Gasteiger charge is 2.42. The third kappa shape index (κ3) is 18.9. The van der Waals surface area contributed by atoms with Gasteiger partial charge in [-0.05, 0) is 189 Å². The fourth-order valence-electron chi connectivity index (χ4n) is 14.8. The molecule has 6 aliphatic rings. The molecule has 0 spiro atoms. The molecule has 0 atom stereocenters. The molecule has 3 saturated heterocycles. The van der Waals surface area contributed by atoms with Crippen LogP contribution in [0.15, 0.2) is 72.9 Å². The summed E-state index contributed by atoms with van der Waals surface area (Å²) in [4.78, 5) is 86.4. The van der Waals surface area contributed by atoms with Gasteiger partial charge in [0.05, 0.1) is 72.1 Å². The number of anilines is 3. The van der Waals surface area contributed by atoms with Crippen LogP contribution in [-0.4, -0.2) is 207 Å². The summed E-state index contributed by atoms with van der Waals surface area (Å²) in [6.07, 6.45) is 12.8. The Balaban J connectivity index is 0.000000157. The van der Waals surface area contributed by atoms with Gasteiger partial charge in [0.1, 0.15) is 0 Å². The number of nitrogens with two attached hydrogens (primary N) is 1. The molecule has 4 aromatic heterocycles. The molecule has 3 saturated carbocycles. The number of aryl methyl sites for hydroxylation is 4. The zero-order valence-corrected chi connectivity index (χ0v) is 61.2. The number of hydrogen-bond donors (Lipinski definition) is 11. The van der Waals surface area contributed by atoms with Gasteiger partial charge in [0.15, 0.2) is 17.5 Å². The number of nitriles is 1. The van der Waals surface area contributed by atoms with Crippen molar-refractivity contribution in [3.05, 3.63) is 101 Å². The Hall–Kier alpha value is -9.27. The largest absolute Gasteiger partial charge is 0.393 e. The highest BCUT2D eigenvalue weighted by molar-refractivity contribution is 6.00. The van der Waals surface area contributed by atoms with Crippen LogP contribution in [0.4, 0.5) is 31.8 Å². The summed E-state index contributed by atoms with van der Waals surface area (Å²) in [5, 5.41) is 69.8. The Morgan fingerprint density at radius 1 is 0.524 bits per heavy atom. The first-order valence-electron chi connectivity index (χ1n) is 36.4. The van der Waals surface area contributed by atoms with E-state index in [0.717, 1.165) is 152 Å². The Labute approximate surface area is 602 Å². The van der Waals surface area contributed by atoms with Crippen molar-refractivity contribution in [3.63, 3.8) is 0 Å². The lowest BCUT2D eigenvalue weighted by Crippen LogP contribution is -2.63. The van der Waals surface area contributed by atoms with Crippen LogP contribution in [0.2, 0.25) is 0 Å². The first kappa shape index (κ1) is 74.9. The fraction of sp³-hybridized carbons (Fsp3) is 0.560. The van der Waals surface area contributed by atoms with Crippen LogP contribution in [-0.2, 0) is 20.0 Å². The molecule has 12 N–H and O–H groups in total. The molecule has 13 rings (SSSR count). The molecule has 3 aliphatic heterocycles. The molecule has 6 amide bonds. The van der Waals surface area contributed by atoms with Gasteiger partial charge in [-0.25, -0.2) is 14.4 Å². The van der Waals surface area contributed by atoms with E-state index in [0.29, 0.717) is 65.0 Å². The summed E-state index contributed by atoms with van der Waals surface area (Å²) in [6.45, 7) is 24.7. The number of amides is 6. The number of pyridine rings is 1. The van der Waals surface area contributed by atoms with Gasteiger partial charge in [0.2, 0.25) is 17.7 Å². The Bertz CT molecular complexity index is 4240. The first-order chi connectivity index (χ1) is 48.9. The summed E-state index contributed by atoms with van der Waals surface area (Å²) >= 11 is 0. The number of aromatic nitrogens is 7. The zero-order valence-electron chi connectivity index (χ0n) is 61.2. The number of aliphatic hydroxyl groups excluding tert-OH is 1. The number of hydrogen-bond acceptors (Lipinski definition) is 19. The summed E-state index contributed by atoms with van der Waals surface area (Å²) in [5.41, 5.74) is 10.8. The van der Waals surface area contributed by atoms with E-state index in [9.17, 15) is 39.0 Å². The summed E-state index contributed by atoms with van der Waals surface area (Å²) in [6, 6.07) is 24.1. The van der Waals surface area contributed by atoms with E-state index < -0.39 is 17.2 Å². The topological polar surface area (TPSA) is 365 Å². The molecular formula is C75H104N20O8. The lowest BCUT2D eigenvalue weighted by molar-refractivity contribution is -0.122. The fourth-order valence-corrected chi connectivity index (χ4v) is 14.8. The molecule has 103 heavy (non-hydrogen) atoms. The molecule has 7 heterocycles. The van der Waals surface area contributed by atoms with Crippen LogP contribution in [0.25, 0.3) is 32.7 Å². The predicted molar refractivity (Wildman–Crippen MR) is 396 cm³/mol. The summed E-state index contributed by atoms with van der Waals surface area (Å²) in [5.74, 6) is 1.39. The van der Waals surface area contributed by atoms with E-state index in [1.165, 1.54) is 9.36 Å². The molecule has 0 unspecified atom stereocenters. The van der Waals surface area contributed by atoms with Crippen molar-refractivity contribution < 1.29 is 39.0 Å². The van der Waals surface area contributed by atoms with E-state index in [1.807, 2.05) is 130 Å². The number of rotatable bonds is 16. The Morgan fingerprint density at radius 2 is 0.883 bits per heavy atom. The van der Waals surface area contributed by atoms with Gasteiger partial charge in [-0.2, -0.15) is 19.3 Å². The van der Waals surface area contributed by atoms with Crippen LogP contribution >= 0.6 is 0 Å². The molecular weight excluding hydrogens is 1310 g/mol. The molecule has 7 aromatic rings. The van der Waals surface area contributed by atoms with Crippen molar-refractivity contribution in [2.45, 2.75) is 205 Å². The Morgan fingerprint density at radius 3 is 1.23 bits per heavy atom. The maximum atomic E-state index is 12.8. The normalized spacial score (nSPS) is 22.1. The lowest BCUT2D eigenvalue weighted by atomic mass is 9.77. The average molecular weight is 1410 g/mol. The molecule has 3 aromatic carbocycles. The van der Waals surface area contributed by atoms with Crippen LogP contribution in [0.3, 0.4) is 0 Å². The SMILES string of the molecule is Cc1ccc2c(c1)c(NCC(=O)NC1CN(C3CCC(C#N)CC3)C1)nn2C(=O)NC(C)(C)C.Cc1ccc2c(c1)c(NCC(=O)NC1CN(C3CCC(O)(c4ccc(C)nc4)CC3)C1)nn2C(=O)NC(C)(C)C.Cc1ccc2c(c1)c(NCC(=O)NC1CN(C3CCC(O)CC3)C1)nn2C(N)=O. The standard InChI is InChI=1S/C30H41N7O3.C25H35N7O2.C20H28N6O3/c1-19-6-9-25-24(14-19)27(35-37(25)28(39)34-29(3,4)5)32-16-26(38)33-22-17-36(18-22)23-10-12-30(40,13-11-23)21-8-7-20(2)31-15-21;1-16-5-10-21-20(11-16)23(30-32(21)24(34)29-25(2,3)4)27-13-22(33)28-18-14-31(15-18)19-8-6-17(12-26)7-9-19;1-12-2-7-17-16(8-12)19(24-26(17)20(21)29)22-9-18(28)23-13-10-25(11-13)14-3-5-15(27)6-4-14/h6-9,14-15,22-23,40H,10-13,16-18H2,1-5H3,(H,32,35)(H,33,38)(H,34,39);5,10-11,17-19H,6-9,13-15H2,1-4H3,(H,27,30)(H,28,33)(H,29,34);2,7-8,13-15,27H,3-6,9-11H2,1H3,(H2,21,29)(H,22,24)(H,23,28). The van der Waals surface area contributed by atoms with Gasteiger partial charge in [-0.1, -0.05) is 41.0 Å². The van der Waals surface area contributed by atoms with Gasteiger partial charge >= 0.3 is 18.1 Å². The van der Waals surface area contributed by atoms with Crippen LogP contribution in [0, 0.1) is 44.9 Å². The van der Waals surface area contributed by atoms with Crippen molar-refractivity contribution in [2.24, 2.45) is 11.7 Å². The van der Waals surface area contributed by atoms with Gasteiger partial charge in [-0.15, -0.1) is 15.3 Å². The molecule has 28 nitrogen and oxygen atoms in total. The summed E-state index contributed by atoms with van der Waals surface area (Å²) in [7, 11) is 0. The molecule has 552 valence electrons. The van der Waals surface area contributed by atoms with Crippen LogP contribution in [0.5, 0.6) is 0 Å². The minimum Gasteiger partial charge on any atom is -0.393 e. The number of fused-ring (bicyclic) bond motifs is 3. The first-order valence-corrected chi connectivity index (χ1v) is 36.4. The maximum absolute atomic E-state index is 12.8. The quantitative estimate of drug-likeness (QED) is 0.0454. The number of carbonyl (C=O) groups excluding carboxylic acids is 6. The molecule has 3 aliphatic carbocycles. The number of likely N-dealkylation sites (tertiary alicyclic amines) is 3. The smallest absolute Gasteiger partial charge is 0.343 e. The van der Waals surface area contributed by atoms with E-state index in [-0.39, 0.29) is 85.1 Å². The predicted octanol–water partition coefficient (Wildman–Crippen LogP) is 7.23. The monoisotopic (exact) mass is 1410 g/mol. The number of carbonyl (C=O) groups is 6. The molecule has 28 heteroatoms. The summed E-state index contributed by atoms with van der Waals surface area (Å²) < 4.78 is 3.84. The van der Waals surface area contributed by atoms with Crippen molar-refractivity contribution in [1.82, 2.24) is 75.6 Å².